The molecule has 0 aliphatic carbocycles. The Balaban J connectivity index is 3.30. The lowest BCUT2D eigenvalue weighted by molar-refractivity contribution is 0.342. The van der Waals surface area contributed by atoms with Crippen molar-refractivity contribution in [2.24, 2.45) is 5.73 Å². The van der Waals surface area contributed by atoms with Crippen molar-refractivity contribution in [1.82, 2.24) is 9.78 Å². The van der Waals surface area contributed by atoms with Crippen LogP contribution in [-0.2, 0) is 18.5 Å². The standard InChI is InChI=1S/C10H18BrN3/c1-5-8-9(11)7(6-12)13-14(8)10(2,3)4/h5-6,12H2,1-4H3. The van der Waals surface area contributed by atoms with Crippen LogP contribution in [-0.4, -0.2) is 9.78 Å². The molecule has 0 aliphatic rings. The molecule has 0 aliphatic heterocycles. The van der Waals surface area contributed by atoms with Gasteiger partial charge >= 0.3 is 0 Å². The van der Waals surface area contributed by atoms with E-state index in [-0.39, 0.29) is 5.54 Å². The first kappa shape index (κ1) is 11.7. The number of halogens is 1. The third kappa shape index (κ3) is 2.01. The zero-order chi connectivity index (χ0) is 10.9. The molecule has 80 valence electrons. The molecule has 0 atom stereocenters. The predicted molar refractivity (Wildman–Crippen MR) is 62.2 cm³/mol. The number of nitrogens with zero attached hydrogens (tertiary/aromatic N) is 2. The zero-order valence-corrected chi connectivity index (χ0v) is 10.8. The van der Waals surface area contributed by atoms with Crippen LogP contribution in [0.3, 0.4) is 0 Å². The van der Waals surface area contributed by atoms with Crippen molar-refractivity contribution in [3.63, 3.8) is 0 Å². The van der Waals surface area contributed by atoms with Crippen LogP contribution < -0.4 is 5.73 Å². The maximum atomic E-state index is 5.63. The van der Waals surface area contributed by atoms with Crippen LogP contribution >= 0.6 is 15.9 Å². The first-order valence-electron chi connectivity index (χ1n) is 4.88. The molecule has 0 bridgehead atoms. The molecule has 0 saturated carbocycles. The lowest BCUT2D eigenvalue weighted by atomic mass is 10.1. The zero-order valence-electron chi connectivity index (χ0n) is 9.26. The molecule has 0 aromatic carbocycles. The summed E-state index contributed by atoms with van der Waals surface area (Å²) in [6.07, 6.45) is 0.963. The molecule has 2 N–H and O–H groups in total. The largest absolute Gasteiger partial charge is 0.325 e. The Labute approximate surface area is 93.8 Å². The van der Waals surface area contributed by atoms with E-state index in [1.165, 1.54) is 5.69 Å². The van der Waals surface area contributed by atoms with E-state index in [9.17, 15) is 0 Å². The number of nitrogens with two attached hydrogens (primary N) is 1. The minimum absolute atomic E-state index is 0.0152. The third-order valence-corrected chi connectivity index (χ3v) is 3.06. The third-order valence-electron chi connectivity index (χ3n) is 2.15. The lowest BCUT2D eigenvalue weighted by Gasteiger charge is -2.22. The second-order valence-corrected chi connectivity index (χ2v) is 5.14. The maximum Gasteiger partial charge on any atom is 0.0905 e. The van der Waals surface area contributed by atoms with Gasteiger partial charge in [0.15, 0.2) is 0 Å². The summed E-state index contributed by atoms with van der Waals surface area (Å²) >= 11 is 3.55. The Morgan fingerprint density at radius 1 is 1.43 bits per heavy atom. The van der Waals surface area contributed by atoms with Crippen LogP contribution in [0.25, 0.3) is 0 Å². The van der Waals surface area contributed by atoms with E-state index in [0.717, 1.165) is 16.6 Å². The number of hydrogen-bond acceptors (Lipinski definition) is 2. The van der Waals surface area contributed by atoms with Crippen molar-refractivity contribution in [3.05, 3.63) is 15.9 Å². The van der Waals surface area contributed by atoms with Crippen molar-refractivity contribution >= 4 is 15.9 Å². The topological polar surface area (TPSA) is 43.8 Å². The van der Waals surface area contributed by atoms with Crippen molar-refractivity contribution in [1.29, 1.82) is 0 Å². The Morgan fingerprint density at radius 3 is 2.29 bits per heavy atom. The molecule has 0 radical (unpaired) electrons. The Kier molecular flexibility index (Phi) is 3.37. The van der Waals surface area contributed by atoms with Crippen LogP contribution in [0.4, 0.5) is 0 Å². The second kappa shape index (κ2) is 4.03. The highest BCUT2D eigenvalue weighted by atomic mass is 79.9. The highest BCUT2D eigenvalue weighted by Gasteiger charge is 2.21. The summed E-state index contributed by atoms with van der Waals surface area (Å²) in [5.41, 5.74) is 7.80. The van der Waals surface area contributed by atoms with Crippen molar-refractivity contribution in [2.75, 3.05) is 0 Å². The highest BCUT2D eigenvalue weighted by Crippen LogP contribution is 2.26. The van der Waals surface area contributed by atoms with Gasteiger partial charge in [0.1, 0.15) is 0 Å². The van der Waals surface area contributed by atoms with Crippen LogP contribution in [0.2, 0.25) is 0 Å². The first-order chi connectivity index (χ1) is 6.41. The molecule has 14 heavy (non-hydrogen) atoms. The highest BCUT2D eigenvalue weighted by molar-refractivity contribution is 9.10. The van der Waals surface area contributed by atoms with Gasteiger partial charge in [-0.25, -0.2) is 0 Å². The van der Waals surface area contributed by atoms with Crippen molar-refractivity contribution in [2.45, 2.75) is 46.2 Å². The average molecular weight is 260 g/mol. The quantitative estimate of drug-likeness (QED) is 0.887. The average Bonchev–Trinajstić information content (AvgIpc) is 2.41. The fraction of sp³-hybridized carbons (Fsp3) is 0.700. The van der Waals surface area contributed by atoms with Gasteiger partial charge in [0.25, 0.3) is 0 Å². The van der Waals surface area contributed by atoms with Gasteiger partial charge in [-0.05, 0) is 43.1 Å². The van der Waals surface area contributed by atoms with Gasteiger partial charge in [-0.15, -0.1) is 0 Å². The van der Waals surface area contributed by atoms with Gasteiger partial charge in [-0.2, -0.15) is 5.10 Å². The lowest BCUT2D eigenvalue weighted by Crippen LogP contribution is -2.25. The van der Waals surface area contributed by atoms with Crippen molar-refractivity contribution < 1.29 is 0 Å². The monoisotopic (exact) mass is 259 g/mol. The molecule has 1 heterocycles. The smallest absolute Gasteiger partial charge is 0.0905 e. The molecular weight excluding hydrogens is 242 g/mol. The van der Waals surface area contributed by atoms with Gasteiger partial charge in [-0.3, -0.25) is 4.68 Å². The number of aromatic nitrogens is 2. The minimum atomic E-state index is 0.0152. The number of rotatable bonds is 2. The maximum absolute atomic E-state index is 5.63. The Hall–Kier alpha value is -0.350. The predicted octanol–water partition coefficient (Wildman–Crippen LogP) is 2.42. The Bertz CT molecular complexity index is 323. The SMILES string of the molecule is CCc1c(Br)c(CN)nn1C(C)(C)C. The van der Waals surface area contributed by atoms with Crippen LogP contribution in [0.15, 0.2) is 4.47 Å². The van der Waals surface area contributed by atoms with Gasteiger partial charge in [-0.1, -0.05) is 6.92 Å². The summed E-state index contributed by atoms with van der Waals surface area (Å²) in [7, 11) is 0. The summed E-state index contributed by atoms with van der Waals surface area (Å²) in [5.74, 6) is 0. The van der Waals surface area contributed by atoms with Gasteiger partial charge in [0, 0.05) is 6.54 Å². The molecule has 0 unspecified atom stereocenters. The Morgan fingerprint density at radius 2 is 2.00 bits per heavy atom. The van der Waals surface area contributed by atoms with Crippen LogP contribution in [0.5, 0.6) is 0 Å². The van der Waals surface area contributed by atoms with E-state index in [4.69, 9.17) is 5.73 Å². The molecular formula is C10H18BrN3. The summed E-state index contributed by atoms with van der Waals surface area (Å²) in [4.78, 5) is 0. The van der Waals surface area contributed by atoms with E-state index >= 15 is 0 Å². The van der Waals surface area contributed by atoms with Gasteiger partial charge < -0.3 is 5.73 Å². The second-order valence-electron chi connectivity index (χ2n) is 4.35. The molecule has 1 aromatic rings. The molecule has 0 amide bonds. The van der Waals surface area contributed by atoms with Crippen LogP contribution in [0.1, 0.15) is 39.1 Å². The van der Waals surface area contributed by atoms with Gasteiger partial charge in [0.05, 0.1) is 21.4 Å². The molecule has 0 fully saturated rings. The van der Waals surface area contributed by atoms with Crippen LogP contribution in [0, 0.1) is 0 Å². The van der Waals surface area contributed by atoms with Gasteiger partial charge in [0.2, 0.25) is 0 Å². The molecule has 0 spiro atoms. The fourth-order valence-electron chi connectivity index (χ4n) is 1.47. The minimum Gasteiger partial charge on any atom is -0.325 e. The molecule has 3 nitrogen and oxygen atoms in total. The van der Waals surface area contributed by atoms with E-state index < -0.39 is 0 Å². The van der Waals surface area contributed by atoms with E-state index in [1.54, 1.807) is 0 Å². The normalized spacial score (nSPS) is 12.1. The van der Waals surface area contributed by atoms with E-state index in [0.29, 0.717) is 6.54 Å². The summed E-state index contributed by atoms with van der Waals surface area (Å²) < 4.78 is 3.12. The van der Waals surface area contributed by atoms with E-state index in [2.05, 4.69) is 53.4 Å². The fourth-order valence-corrected chi connectivity index (χ4v) is 2.16. The number of hydrogen-bond donors (Lipinski definition) is 1. The first-order valence-corrected chi connectivity index (χ1v) is 5.68. The molecule has 1 aromatic heterocycles. The van der Waals surface area contributed by atoms with Crippen molar-refractivity contribution in [3.8, 4) is 0 Å². The van der Waals surface area contributed by atoms with E-state index in [1.807, 2.05) is 0 Å². The summed E-state index contributed by atoms with van der Waals surface area (Å²) in [6.45, 7) is 9.05. The molecule has 4 heteroatoms. The molecule has 1 rings (SSSR count). The summed E-state index contributed by atoms with van der Waals surface area (Å²) in [6, 6.07) is 0. The summed E-state index contributed by atoms with van der Waals surface area (Å²) in [5, 5.41) is 4.52. The molecule has 0 saturated heterocycles.